The van der Waals surface area contributed by atoms with E-state index in [1.54, 1.807) is 0 Å². The van der Waals surface area contributed by atoms with Gasteiger partial charge in [0.25, 0.3) is 0 Å². The molecule has 1 aromatic carbocycles. The number of para-hydroxylation sites is 1. The molecule has 2 N–H and O–H groups in total. The van der Waals surface area contributed by atoms with Crippen LogP contribution >= 0.6 is 0 Å². The molecule has 1 aromatic heterocycles. The molecule has 1 heterocycles. The first-order valence-electron chi connectivity index (χ1n) is 6.98. The lowest BCUT2D eigenvalue weighted by Gasteiger charge is -2.18. The first-order valence-corrected chi connectivity index (χ1v) is 6.98. The summed E-state index contributed by atoms with van der Waals surface area (Å²) < 4.78 is 4.86. The average Bonchev–Trinajstić information content (AvgIpc) is 2.85. The lowest BCUT2D eigenvalue weighted by molar-refractivity contribution is -0.143. The number of methoxy groups -OCH3 is 1. The number of H-pyrrole nitrogens is 1. The van der Waals surface area contributed by atoms with Crippen LogP contribution in [-0.2, 0) is 16.1 Å². The fourth-order valence-corrected chi connectivity index (χ4v) is 2.39. The predicted molar refractivity (Wildman–Crippen MR) is 80.4 cm³/mol. The van der Waals surface area contributed by atoms with Gasteiger partial charge in [0, 0.05) is 23.6 Å². The number of benzene rings is 1. The van der Waals surface area contributed by atoms with Crippen molar-refractivity contribution >= 4 is 16.9 Å². The number of hydrogen-bond acceptors (Lipinski definition) is 3. The first-order chi connectivity index (χ1) is 9.61. The molecular formula is C16H22N2O2. The van der Waals surface area contributed by atoms with Crippen LogP contribution in [0.25, 0.3) is 10.9 Å². The smallest absolute Gasteiger partial charge is 0.322 e. The summed E-state index contributed by atoms with van der Waals surface area (Å²) in [6.07, 6.45) is 2.76. The van der Waals surface area contributed by atoms with E-state index < -0.39 is 0 Å². The number of aromatic amines is 1. The molecule has 0 amide bonds. The third kappa shape index (κ3) is 3.39. The van der Waals surface area contributed by atoms with Crippen molar-refractivity contribution in [2.24, 2.45) is 5.92 Å². The van der Waals surface area contributed by atoms with Crippen LogP contribution in [0.4, 0.5) is 0 Å². The fraction of sp³-hybridized carbons (Fsp3) is 0.438. The molecule has 0 bridgehead atoms. The Labute approximate surface area is 119 Å². The van der Waals surface area contributed by atoms with Gasteiger partial charge in [0.2, 0.25) is 0 Å². The molecule has 4 nitrogen and oxygen atoms in total. The Balaban J connectivity index is 2.06. The minimum Gasteiger partial charge on any atom is -0.468 e. The first kappa shape index (κ1) is 14.6. The largest absolute Gasteiger partial charge is 0.468 e. The van der Waals surface area contributed by atoms with Crippen LogP contribution in [0, 0.1) is 5.92 Å². The van der Waals surface area contributed by atoms with Crippen molar-refractivity contribution < 1.29 is 9.53 Å². The molecule has 0 radical (unpaired) electrons. The predicted octanol–water partition coefficient (Wildman–Crippen LogP) is 2.85. The second-order valence-corrected chi connectivity index (χ2v) is 5.45. The van der Waals surface area contributed by atoms with Crippen molar-refractivity contribution in [3.63, 3.8) is 0 Å². The number of hydrogen-bond donors (Lipinski definition) is 2. The van der Waals surface area contributed by atoms with Crippen molar-refractivity contribution in [2.75, 3.05) is 7.11 Å². The lowest BCUT2D eigenvalue weighted by atomic mass is 10.0. The van der Waals surface area contributed by atoms with E-state index >= 15 is 0 Å². The van der Waals surface area contributed by atoms with Crippen molar-refractivity contribution in [3.8, 4) is 0 Å². The zero-order chi connectivity index (χ0) is 14.5. The monoisotopic (exact) mass is 274 g/mol. The minimum absolute atomic E-state index is 0.196. The molecule has 108 valence electrons. The van der Waals surface area contributed by atoms with E-state index in [0.29, 0.717) is 12.5 Å². The van der Waals surface area contributed by atoms with Crippen LogP contribution in [0.15, 0.2) is 30.5 Å². The van der Waals surface area contributed by atoms with Crippen molar-refractivity contribution in [1.29, 1.82) is 0 Å². The summed E-state index contributed by atoms with van der Waals surface area (Å²) in [6.45, 7) is 4.85. The summed E-state index contributed by atoms with van der Waals surface area (Å²) in [5, 5.41) is 4.49. The molecule has 20 heavy (non-hydrogen) atoms. The van der Waals surface area contributed by atoms with Crippen LogP contribution in [-0.4, -0.2) is 24.1 Å². The van der Waals surface area contributed by atoms with Crippen molar-refractivity contribution in [3.05, 3.63) is 36.0 Å². The third-order valence-electron chi connectivity index (χ3n) is 3.41. The molecule has 0 spiro atoms. The number of fused-ring (bicyclic) bond motifs is 1. The maximum atomic E-state index is 11.8. The van der Waals surface area contributed by atoms with Gasteiger partial charge in [0.1, 0.15) is 6.04 Å². The highest BCUT2D eigenvalue weighted by atomic mass is 16.5. The van der Waals surface area contributed by atoms with Gasteiger partial charge < -0.3 is 15.0 Å². The zero-order valence-corrected chi connectivity index (χ0v) is 12.3. The number of ether oxygens (including phenoxy) is 1. The maximum Gasteiger partial charge on any atom is 0.322 e. The van der Waals surface area contributed by atoms with E-state index in [9.17, 15) is 4.79 Å². The summed E-state index contributed by atoms with van der Waals surface area (Å²) >= 11 is 0. The van der Waals surface area contributed by atoms with Crippen molar-refractivity contribution in [2.45, 2.75) is 32.9 Å². The quantitative estimate of drug-likeness (QED) is 0.796. The molecule has 0 saturated carbocycles. The van der Waals surface area contributed by atoms with Gasteiger partial charge in [-0.25, -0.2) is 0 Å². The topological polar surface area (TPSA) is 54.1 Å². The summed E-state index contributed by atoms with van der Waals surface area (Å²) in [5.74, 6) is 0.244. The Bertz CT molecular complexity index is 575. The molecule has 4 heteroatoms. The highest BCUT2D eigenvalue weighted by Crippen LogP contribution is 2.18. The molecule has 0 saturated heterocycles. The second-order valence-electron chi connectivity index (χ2n) is 5.45. The molecule has 0 aliphatic rings. The minimum atomic E-state index is -0.256. The number of carbonyl (C=O) groups is 1. The fourth-order valence-electron chi connectivity index (χ4n) is 2.39. The molecule has 1 unspecified atom stereocenters. The van der Waals surface area contributed by atoms with Crippen molar-refractivity contribution in [1.82, 2.24) is 10.3 Å². The normalized spacial score (nSPS) is 12.8. The number of rotatable bonds is 6. The summed E-state index contributed by atoms with van der Waals surface area (Å²) in [7, 11) is 1.43. The van der Waals surface area contributed by atoms with Crippen LogP contribution in [0.2, 0.25) is 0 Å². The zero-order valence-electron chi connectivity index (χ0n) is 12.3. The Morgan fingerprint density at radius 2 is 2.10 bits per heavy atom. The number of nitrogens with one attached hydrogen (secondary N) is 2. The average molecular weight is 274 g/mol. The van der Waals surface area contributed by atoms with E-state index in [1.807, 2.05) is 24.4 Å². The molecular weight excluding hydrogens is 252 g/mol. The Morgan fingerprint density at radius 1 is 1.35 bits per heavy atom. The summed E-state index contributed by atoms with van der Waals surface area (Å²) in [5.41, 5.74) is 2.28. The molecule has 0 aliphatic carbocycles. The van der Waals surface area contributed by atoms with Crippen LogP contribution in [0.1, 0.15) is 25.8 Å². The van der Waals surface area contributed by atoms with Gasteiger partial charge in [0.15, 0.2) is 0 Å². The van der Waals surface area contributed by atoms with E-state index in [-0.39, 0.29) is 12.0 Å². The molecule has 2 aromatic rings. The molecule has 0 aliphatic heterocycles. The maximum absolute atomic E-state index is 11.8. The molecule has 0 fully saturated rings. The van der Waals surface area contributed by atoms with Gasteiger partial charge in [0.05, 0.1) is 7.11 Å². The van der Waals surface area contributed by atoms with E-state index in [2.05, 4.69) is 30.2 Å². The third-order valence-corrected chi connectivity index (χ3v) is 3.41. The van der Waals surface area contributed by atoms with Gasteiger partial charge in [-0.1, -0.05) is 32.0 Å². The summed E-state index contributed by atoms with van der Waals surface area (Å²) in [6, 6.07) is 7.90. The highest BCUT2D eigenvalue weighted by molar-refractivity contribution is 5.83. The Hall–Kier alpha value is -1.81. The Kier molecular flexibility index (Phi) is 4.79. The van der Waals surface area contributed by atoms with Gasteiger partial charge in [-0.15, -0.1) is 0 Å². The highest BCUT2D eigenvalue weighted by Gasteiger charge is 2.20. The van der Waals surface area contributed by atoms with Gasteiger partial charge in [-0.05, 0) is 24.0 Å². The van der Waals surface area contributed by atoms with Gasteiger partial charge in [-0.3, -0.25) is 4.79 Å². The van der Waals surface area contributed by atoms with Gasteiger partial charge in [-0.2, -0.15) is 0 Å². The van der Waals surface area contributed by atoms with Crippen LogP contribution in [0.5, 0.6) is 0 Å². The standard InChI is InChI=1S/C16H22N2O2/c1-11(2)8-15(16(19)20-3)18-10-12-9-17-14-7-5-4-6-13(12)14/h4-7,9,11,15,17-18H,8,10H2,1-3H3. The second kappa shape index (κ2) is 6.57. The van der Waals surface area contributed by atoms with E-state index in [0.717, 1.165) is 11.9 Å². The SMILES string of the molecule is COC(=O)C(CC(C)C)NCc1c[nH]c2ccccc12. The number of esters is 1. The summed E-state index contributed by atoms with van der Waals surface area (Å²) in [4.78, 5) is 15.0. The lowest BCUT2D eigenvalue weighted by Crippen LogP contribution is -2.38. The number of aromatic nitrogens is 1. The molecule has 1 atom stereocenters. The molecule has 2 rings (SSSR count). The van der Waals surface area contributed by atoms with E-state index in [4.69, 9.17) is 4.74 Å². The van der Waals surface area contributed by atoms with Gasteiger partial charge >= 0.3 is 5.97 Å². The van der Waals surface area contributed by atoms with Crippen LogP contribution < -0.4 is 5.32 Å². The Morgan fingerprint density at radius 3 is 2.80 bits per heavy atom. The van der Waals surface area contributed by atoms with Crippen LogP contribution in [0.3, 0.4) is 0 Å². The van der Waals surface area contributed by atoms with E-state index in [1.165, 1.54) is 18.1 Å². The number of carbonyl (C=O) groups excluding carboxylic acids is 1.